The van der Waals surface area contributed by atoms with Gasteiger partial charge < -0.3 is 10.6 Å². The largest absolute Gasteiger partial charge is 0.322 e. The van der Waals surface area contributed by atoms with Crippen molar-refractivity contribution in [2.75, 3.05) is 10.6 Å². The molecule has 0 aliphatic carbocycles. The van der Waals surface area contributed by atoms with E-state index in [2.05, 4.69) is 40.5 Å². The fourth-order valence-corrected chi connectivity index (χ4v) is 4.65. The first-order valence-electron chi connectivity index (χ1n) is 9.80. The summed E-state index contributed by atoms with van der Waals surface area (Å²) in [5.74, 6) is 0.0433. The van der Waals surface area contributed by atoms with E-state index < -0.39 is 25.1 Å². The second-order valence-corrected chi connectivity index (χ2v) is 9.65. The van der Waals surface area contributed by atoms with Gasteiger partial charge in [-0.2, -0.15) is 16.8 Å². The summed E-state index contributed by atoms with van der Waals surface area (Å²) in [7, 11) is -9.44. The Bertz CT molecular complexity index is 1630. The van der Waals surface area contributed by atoms with Crippen molar-refractivity contribution in [1.82, 2.24) is 29.9 Å². The molecule has 16 heteroatoms. The lowest BCUT2D eigenvalue weighted by Gasteiger charge is -2.17. The standard InChI is InChI=1S/C20H16N8O6S2/c29-35(30,31)16-4-2-1-3-13(16)5-6-14-7-8-15(27-19-23-9-21-10-24-19)17(18(14)36(32,33)34)28-20-25-11-22-12-26-20/h1-12H,(H,29,30,31)(H,32,33,34)(H,21,23,24,27)(H,22,25,26,28). The second-order valence-electron chi connectivity index (χ2n) is 6.90. The summed E-state index contributed by atoms with van der Waals surface area (Å²) < 4.78 is 68.1. The molecule has 0 saturated heterocycles. The lowest BCUT2D eigenvalue weighted by atomic mass is 10.1. The summed E-state index contributed by atoms with van der Waals surface area (Å²) in [4.78, 5) is 22.2. The maximum absolute atomic E-state index is 12.5. The van der Waals surface area contributed by atoms with Gasteiger partial charge in [0.2, 0.25) is 11.9 Å². The summed E-state index contributed by atoms with van der Waals surface area (Å²) in [6, 6.07) is 8.38. The Labute approximate surface area is 204 Å². The van der Waals surface area contributed by atoms with Gasteiger partial charge in [-0.25, -0.2) is 29.9 Å². The van der Waals surface area contributed by atoms with E-state index >= 15 is 0 Å². The van der Waals surface area contributed by atoms with Crippen molar-refractivity contribution >= 4 is 55.7 Å². The van der Waals surface area contributed by atoms with E-state index in [1.807, 2.05) is 0 Å². The number of benzene rings is 2. The fourth-order valence-electron chi connectivity index (χ4n) is 3.11. The molecule has 0 radical (unpaired) electrons. The van der Waals surface area contributed by atoms with Crippen LogP contribution >= 0.6 is 0 Å². The highest BCUT2D eigenvalue weighted by molar-refractivity contribution is 7.86. The number of hydrogen-bond acceptors (Lipinski definition) is 12. The van der Waals surface area contributed by atoms with E-state index in [0.717, 1.165) is 0 Å². The average Bonchev–Trinajstić information content (AvgIpc) is 2.84. The number of nitrogens with one attached hydrogen (secondary N) is 2. The summed E-state index contributed by atoms with van der Waals surface area (Å²) >= 11 is 0. The highest BCUT2D eigenvalue weighted by Gasteiger charge is 2.24. The Kier molecular flexibility index (Phi) is 6.93. The first-order valence-corrected chi connectivity index (χ1v) is 12.7. The molecule has 0 aliphatic heterocycles. The van der Waals surface area contributed by atoms with Crippen molar-refractivity contribution in [3.05, 3.63) is 72.8 Å². The molecule has 0 spiro atoms. The molecule has 0 atom stereocenters. The molecule has 0 saturated carbocycles. The van der Waals surface area contributed by atoms with Gasteiger partial charge in [-0.15, -0.1) is 0 Å². The third-order valence-electron chi connectivity index (χ3n) is 4.56. The van der Waals surface area contributed by atoms with Crippen LogP contribution in [0.25, 0.3) is 12.2 Å². The van der Waals surface area contributed by atoms with Crippen LogP contribution in [0.15, 0.2) is 71.5 Å². The monoisotopic (exact) mass is 528 g/mol. The minimum atomic E-state index is -4.89. The van der Waals surface area contributed by atoms with Crippen molar-refractivity contribution in [2.45, 2.75) is 9.79 Å². The smallest absolute Gasteiger partial charge is 0.297 e. The van der Waals surface area contributed by atoms with E-state index in [-0.39, 0.29) is 39.3 Å². The minimum absolute atomic E-state index is 0.0274. The lowest BCUT2D eigenvalue weighted by molar-refractivity contribution is 0.481. The van der Waals surface area contributed by atoms with Crippen LogP contribution in [-0.4, -0.2) is 55.8 Å². The molecular formula is C20H16N8O6S2. The summed E-state index contributed by atoms with van der Waals surface area (Å²) in [6.45, 7) is 0. The number of nitrogens with zero attached hydrogens (tertiary/aromatic N) is 6. The predicted octanol–water partition coefficient (Wildman–Crippen LogP) is 2.21. The first kappa shape index (κ1) is 24.7. The van der Waals surface area contributed by atoms with Crippen LogP contribution in [0.1, 0.15) is 11.1 Å². The normalized spacial score (nSPS) is 11.9. The Hall–Kier alpha value is -4.38. The van der Waals surface area contributed by atoms with Gasteiger partial charge in [-0.05, 0) is 23.3 Å². The van der Waals surface area contributed by atoms with Gasteiger partial charge in [0.05, 0.1) is 11.4 Å². The van der Waals surface area contributed by atoms with E-state index in [0.29, 0.717) is 0 Å². The molecule has 0 aliphatic rings. The van der Waals surface area contributed by atoms with Gasteiger partial charge in [0.15, 0.2) is 0 Å². The maximum atomic E-state index is 12.5. The Morgan fingerprint density at radius 1 is 0.667 bits per heavy atom. The van der Waals surface area contributed by atoms with Crippen molar-refractivity contribution < 1.29 is 25.9 Å². The number of rotatable bonds is 8. The quantitative estimate of drug-likeness (QED) is 0.191. The van der Waals surface area contributed by atoms with Crippen LogP contribution in [0.2, 0.25) is 0 Å². The van der Waals surface area contributed by atoms with Gasteiger partial charge in [0.1, 0.15) is 35.1 Å². The van der Waals surface area contributed by atoms with Gasteiger partial charge in [0, 0.05) is 0 Å². The van der Waals surface area contributed by atoms with E-state index in [1.54, 1.807) is 0 Å². The van der Waals surface area contributed by atoms with Crippen LogP contribution in [0.3, 0.4) is 0 Å². The van der Waals surface area contributed by atoms with Crippen LogP contribution in [-0.2, 0) is 20.2 Å². The lowest BCUT2D eigenvalue weighted by Crippen LogP contribution is -2.10. The predicted molar refractivity (Wildman–Crippen MR) is 128 cm³/mol. The zero-order valence-electron chi connectivity index (χ0n) is 18.0. The molecule has 14 nitrogen and oxygen atoms in total. The molecular weight excluding hydrogens is 512 g/mol. The molecule has 2 aromatic heterocycles. The first-order chi connectivity index (χ1) is 17.1. The Balaban J connectivity index is 1.89. The third-order valence-corrected chi connectivity index (χ3v) is 6.44. The number of hydrogen-bond donors (Lipinski definition) is 4. The third kappa shape index (κ3) is 5.81. The minimum Gasteiger partial charge on any atom is -0.322 e. The SMILES string of the molecule is O=S(=O)(O)c1ccccc1C=Cc1ccc(Nc2ncncn2)c(Nc2ncncn2)c1S(=O)(=O)O. The molecule has 0 unspecified atom stereocenters. The maximum Gasteiger partial charge on any atom is 0.297 e. The Morgan fingerprint density at radius 2 is 1.22 bits per heavy atom. The molecule has 0 fully saturated rings. The molecule has 0 amide bonds. The summed E-state index contributed by atoms with van der Waals surface area (Å²) in [5.41, 5.74) is 0.0279. The van der Waals surface area contributed by atoms with Gasteiger partial charge in [0.25, 0.3) is 20.2 Å². The molecule has 184 valence electrons. The van der Waals surface area contributed by atoms with E-state index in [1.165, 1.54) is 73.9 Å². The summed E-state index contributed by atoms with van der Waals surface area (Å²) in [5, 5.41) is 5.56. The summed E-state index contributed by atoms with van der Waals surface area (Å²) in [6.07, 6.45) is 7.34. The van der Waals surface area contributed by atoms with Crippen molar-refractivity contribution in [1.29, 1.82) is 0 Å². The van der Waals surface area contributed by atoms with Crippen LogP contribution in [0.5, 0.6) is 0 Å². The molecule has 4 aromatic rings. The molecule has 36 heavy (non-hydrogen) atoms. The van der Waals surface area contributed by atoms with Gasteiger partial charge in [-0.3, -0.25) is 9.11 Å². The zero-order chi connectivity index (χ0) is 25.8. The van der Waals surface area contributed by atoms with E-state index in [4.69, 9.17) is 0 Å². The zero-order valence-corrected chi connectivity index (χ0v) is 19.6. The van der Waals surface area contributed by atoms with Gasteiger partial charge >= 0.3 is 0 Å². The number of anilines is 4. The highest BCUT2D eigenvalue weighted by atomic mass is 32.2. The molecule has 2 heterocycles. The fraction of sp³-hybridized carbons (Fsp3) is 0. The average molecular weight is 529 g/mol. The van der Waals surface area contributed by atoms with Crippen molar-refractivity contribution in [3.63, 3.8) is 0 Å². The van der Waals surface area contributed by atoms with E-state index in [9.17, 15) is 25.9 Å². The topological polar surface area (TPSA) is 210 Å². The molecule has 0 bridgehead atoms. The van der Waals surface area contributed by atoms with Crippen molar-refractivity contribution in [2.24, 2.45) is 0 Å². The molecule has 4 N–H and O–H groups in total. The van der Waals surface area contributed by atoms with Crippen molar-refractivity contribution in [3.8, 4) is 0 Å². The van der Waals surface area contributed by atoms with Crippen LogP contribution in [0, 0.1) is 0 Å². The highest BCUT2D eigenvalue weighted by Crippen LogP contribution is 2.36. The second kappa shape index (κ2) is 10.1. The molecule has 2 aromatic carbocycles. The van der Waals surface area contributed by atoms with Gasteiger partial charge in [-0.1, -0.05) is 36.4 Å². The Morgan fingerprint density at radius 3 is 1.81 bits per heavy atom. The molecule has 4 rings (SSSR count). The van der Waals surface area contributed by atoms with Crippen LogP contribution in [0.4, 0.5) is 23.3 Å². The number of aromatic nitrogens is 6. The van der Waals surface area contributed by atoms with Crippen LogP contribution < -0.4 is 10.6 Å².